The number of furan rings is 1. The molecule has 0 fully saturated rings. The summed E-state index contributed by atoms with van der Waals surface area (Å²) in [6, 6.07) is 10.8. The van der Waals surface area contributed by atoms with Crippen LogP contribution in [0.1, 0.15) is 10.6 Å². The number of hydrogen-bond acceptors (Lipinski definition) is 6. The van der Waals surface area contributed by atoms with Gasteiger partial charge in [0.2, 0.25) is 5.13 Å². The minimum Gasteiger partial charge on any atom is -0.497 e. The van der Waals surface area contributed by atoms with E-state index in [1.807, 2.05) is 29.6 Å². The Kier molecular flexibility index (Phi) is 4.06. The molecule has 0 bridgehead atoms. The molecule has 0 radical (unpaired) electrons. The van der Waals surface area contributed by atoms with Crippen LogP contribution < -0.4 is 15.6 Å². The number of carbonyl (C=O) groups is 1. The summed E-state index contributed by atoms with van der Waals surface area (Å²) in [5, 5.41) is 2.49. The van der Waals surface area contributed by atoms with Gasteiger partial charge in [-0.2, -0.15) is 0 Å². The molecule has 0 aliphatic rings. The molecule has 112 valence electrons. The monoisotopic (exact) mass is 315 g/mol. The van der Waals surface area contributed by atoms with Gasteiger partial charge in [-0.05, 0) is 36.4 Å². The van der Waals surface area contributed by atoms with Crippen LogP contribution in [0.15, 0.2) is 52.5 Å². The molecular weight excluding hydrogens is 302 g/mol. The summed E-state index contributed by atoms with van der Waals surface area (Å²) in [6.07, 6.45) is 1.44. The van der Waals surface area contributed by atoms with Crippen molar-refractivity contribution in [2.45, 2.75) is 0 Å². The SMILES string of the molecule is COc1ccc(-c2csc(NNC(=O)c3ccco3)n2)cc1. The van der Waals surface area contributed by atoms with E-state index in [0.29, 0.717) is 5.13 Å². The Hall–Kier alpha value is -2.80. The van der Waals surface area contributed by atoms with Crippen LogP contribution in [0.4, 0.5) is 5.13 Å². The van der Waals surface area contributed by atoms with Gasteiger partial charge < -0.3 is 9.15 Å². The van der Waals surface area contributed by atoms with E-state index < -0.39 is 0 Å². The first-order valence-electron chi connectivity index (χ1n) is 6.46. The van der Waals surface area contributed by atoms with Crippen LogP contribution in [-0.4, -0.2) is 18.0 Å². The third-order valence-electron chi connectivity index (χ3n) is 2.92. The Labute approximate surface area is 130 Å². The standard InChI is InChI=1S/C15H13N3O3S/c1-20-11-6-4-10(5-7-11)12-9-22-15(16-12)18-17-14(19)13-3-2-8-21-13/h2-9H,1H3,(H,16,18)(H,17,19). The summed E-state index contributed by atoms with van der Waals surface area (Å²) in [5.74, 6) is 0.675. The van der Waals surface area contributed by atoms with Gasteiger partial charge in [0.25, 0.3) is 0 Å². The van der Waals surface area contributed by atoms with Crippen molar-refractivity contribution < 1.29 is 13.9 Å². The molecule has 0 saturated heterocycles. The van der Waals surface area contributed by atoms with Crippen LogP contribution in [-0.2, 0) is 0 Å². The Morgan fingerprint density at radius 2 is 2.09 bits per heavy atom. The first-order valence-corrected chi connectivity index (χ1v) is 7.34. The topological polar surface area (TPSA) is 76.4 Å². The number of benzene rings is 1. The predicted octanol–water partition coefficient (Wildman–Crippen LogP) is 3.17. The number of anilines is 1. The summed E-state index contributed by atoms with van der Waals surface area (Å²) < 4.78 is 10.1. The molecule has 1 amide bonds. The van der Waals surface area contributed by atoms with Crippen molar-refractivity contribution in [2.75, 3.05) is 12.5 Å². The van der Waals surface area contributed by atoms with E-state index in [2.05, 4.69) is 15.8 Å². The van der Waals surface area contributed by atoms with Gasteiger partial charge in [-0.3, -0.25) is 15.6 Å². The average Bonchev–Trinajstić information content (AvgIpc) is 3.24. The third kappa shape index (κ3) is 3.09. The number of hydrogen-bond donors (Lipinski definition) is 2. The number of carbonyl (C=O) groups excluding carboxylic acids is 1. The lowest BCUT2D eigenvalue weighted by Crippen LogP contribution is -2.28. The molecule has 0 atom stereocenters. The minimum atomic E-state index is -0.355. The summed E-state index contributed by atoms with van der Waals surface area (Å²) >= 11 is 1.39. The molecule has 2 heterocycles. The van der Waals surface area contributed by atoms with Crippen molar-refractivity contribution in [3.8, 4) is 17.0 Å². The molecule has 2 aromatic heterocycles. The number of nitrogens with one attached hydrogen (secondary N) is 2. The zero-order valence-corrected chi connectivity index (χ0v) is 12.5. The quantitative estimate of drug-likeness (QED) is 0.707. The number of hydrazine groups is 1. The Morgan fingerprint density at radius 3 is 2.77 bits per heavy atom. The molecule has 22 heavy (non-hydrogen) atoms. The van der Waals surface area contributed by atoms with Crippen molar-refractivity contribution in [3.63, 3.8) is 0 Å². The van der Waals surface area contributed by atoms with Gasteiger partial charge in [-0.15, -0.1) is 11.3 Å². The Morgan fingerprint density at radius 1 is 1.27 bits per heavy atom. The summed E-state index contributed by atoms with van der Waals surface area (Å²) in [4.78, 5) is 16.1. The Balaban J connectivity index is 1.64. The van der Waals surface area contributed by atoms with Crippen LogP contribution >= 0.6 is 11.3 Å². The first-order chi connectivity index (χ1) is 10.8. The molecule has 2 N–H and O–H groups in total. The smallest absolute Gasteiger partial charge is 0.305 e. The Bertz CT molecular complexity index is 751. The number of aromatic nitrogens is 1. The second kappa shape index (κ2) is 6.31. The third-order valence-corrected chi connectivity index (χ3v) is 3.68. The molecule has 0 aliphatic heterocycles. The van der Waals surface area contributed by atoms with Crippen molar-refractivity contribution in [3.05, 3.63) is 53.8 Å². The van der Waals surface area contributed by atoms with Crippen molar-refractivity contribution in [2.24, 2.45) is 0 Å². The molecule has 3 rings (SSSR count). The summed E-state index contributed by atoms with van der Waals surface area (Å²) in [7, 11) is 1.63. The van der Waals surface area contributed by atoms with Gasteiger partial charge in [0, 0.05) is 10.9 Å². The average molecular weight is 315 g/mol. The van der Waals surface area contributed by atoms with Crippen LogP contribution in [0, 0.1) is 0 Å². The molecule has 1 aromatic carbocycles. The molecule has 6 nitrogen and oxygen atoms in total. The number of thiazole rings is 1. The van der Waals surface area contributed by atoms with Crippen LogP contribution in [0.25, 0.3) is 11.3 Å². The number of nitrogens with zero attached hydrogens (tertiary/aromatic N) is 1. The van der Waals surface area contributed by atoms with Crippen molar-refractivity contribution in [1.29, 1.82) is 0 Å². The minimum absolute atomic E-state index is 0.236. The number of methoxy groups -OCH3 is 1. The highest BCUT2D eigenvalue weighted by Crippen LogP contribution is 2.26. The first kappa shape index (κ1) is 14.2. The lowest BCUT2D eigenvalue weighted by molar-refractivity contribution is 0.0935. The van der Waals surface area contributed by atoms with E-state index in [4.69, 9.17) is 9.15 Å². The second-order valence-electron chi connectivity index (χ2n) is 4.32. The van der Waals surface area contributed by atoms with Gasteiger partial charge in [0.15, 0.2) is 5.76 Å². The van der Waals surface area contributed by atoms with Gasteiger partial charge in [0.05, 0.1) is 19.1 Å². The molecule has 0 aliphatic carbocycles. The molecular formula is C15H13N3O3S. The van der Waals surface area contributed by atoms with Gasteiger partial charge in [-0.1, -0.05) is 0 Å². The van der Waals surface area contributed by atoms with Crippen molar-refractivity contribution >= 4 is 22.4 Å². The van der Waals surface area contributed by atoms with Crippen LogP contribution in [0.3, 0.4) is 0 Å². The summed E-state index contributed by atoms with van der Waals surface area (Å²) in [6.45, 7) is 0. The van der Waals surface area contributed by atoms with E-state index in [9.17, 15) is 4.79 Å². The van der Waals surface area contributed by atoms with E-state index in [1.165, 1.54) is 17.6 Å². The predicted molar refractivity (Wildman–Crippen MR) is 83.9 cm³/mol. The maximum Gasteiger partial charge on any atom is 0.305 e. The summed E-state index contributed by atoms with van der Waals surface area (Å²) in [5.41, 5.74) is 7.09. The normalized spacial score (nSPS) is 10.2. The second-order valence-corrected chi connectivity index (χ2v) is 5.18. The maximum atomic E-state index is 11.7. The van der Waals surface area contributed by atoms with E-state index in [0.717, 1.165) is 17.0 Å². The fraction of sp³-hybridized carbons (Fsp3) is 0.0667. The zero-order valence-electron chi connectivity index (χ0n) is 11.7. The van der Waals surface area contributed by atoms with Crippen molar-refractivity contribution in [1.82, 2.24) is 10.4 Å². The fourth-order valence-electron chi connectivity index (χ4n) is 1.81. The number of rotatable bonds is 5. The molecule has 0 spiro atoms. The van der Waals surface area contributed by atoms with Gasteiger partial charge in [0.1, 0.15) is 5.75 Å². The van der Waals surface area contributed by atoms with Gasteiger partial charge >= 0.3 is 5.91 Å². The molecule has 0 saturated carbocycles. The lowest BCUT2D eigenvalue weighted by Gasteiger charge is -2.03. The van der Waals surface area contributed by atoms with E-state index >= 15 is 0 Å². The zero-order chi connectivity index (χ0) is 15.4. The highest BCUT2D eigenvalue weighted by atomic mass is 32.1. The number of ether oxygens (including phenoxy) is 1. The molecule has 3 aromatic rings. The fourth-order valence-corrected chi connectivity index (χ4v) is 2.48. The number of amides is 1. The van der Waals surface area contributed by atoms with E-state index in [-0.39, 0.29) is 11.7 Å². The van der Waals surface area contributed by atoms with Gasteiger partial charge in [-0.25, -0.2) is 4.98 Å². The highest BCUT2D eigenvalue weighted by Gasteiger charge is 2.09. The van der Waals surface area contributed by atoms with Crippen LogP contribution in [0.2, 0.25) is 0 Å². The highest BCUT2D eigenvalue weighted by molar-refractivity contribution is 7.14. The largest absolute Gasteiger partial charge is 0.497 e. The molecule has 0 unspecified atom stereocenters. The van der Waals surface area contributed by atoms with E-state index in [1.54, 1.807) is 19.2 Å². The lowest BCUT2D eigenvalue weighted by atomic mass is 10.2. The maximum absolute atomic E-state index is 11.7. The molecule has 7 heteroatoms. The van der Waals surface area contributed by atoms with Crippen LogP contribution in [0.5, 0.6) is 5.75 Å².